The fourth-order valence-corrected chi connectivity index (χ4v) is 4.86. The lowest BCUT2D eigenvalue weighted by molar-refractivity contribution is 0.172. The number of nitrogens with one attached hydrogen (secondary N) is 2. The highest BCUT2D eigenvalue weighted by atomic mass is 32.2. The Morgan fingerprint density at radius 2 is 1.88 bits per heavy atom. The van der Waals surface area contributed by atoms with Gasteiger partial charge in [-0.05, 0) is 35.9 Å². The third kappa shape index (κ3) is 4.18. The molecular weight excluding hydrogens is 458 g/mol. The van der Waals surface area contributed by atoms with Crippen molar-refractivity contribution >= 4 is 42.9 Å². The van der Waals surface area contributed by atoms with E-state index in [0.717, 1.165) is 28.4 Å². The van der Waals surface area contributed by atoms with E-state index >= 15 is 0 Å². The molecule has 2 heterocycles. The number of nitrogens with zero attached hydrogens (tertiary/aromatic N) is 1. The molecule has 0 saturated heterocycles. The number of aromatic amines is 1. The molecule has 3 N–H and O–H groups in total. The molecule has 2 aromatic heterocycles. The Bertz CT molecular complexity index is 1670. The third-order valence-corrected chi connectivity index (χ3v) is 6.65. The number of benzene rings is 3. The second kappa shape index (κ2) is 8.64. The average Bonchev–Trinajstić information content (AvgIpc) is 3.34. The first kappa shape index (κ1) is 22.2. The van der Waals surface area contributed by atoms with E-state index in [1.54, 1.807) is 6.07 Å². The second-order valence-corrected chi connectivity index (χ2v) is 9.90. The number of oxazole rings is 1. The van der Waals surface area contributed by atoms with Gasteiger partial charge in [0, 0.05) is 35.4 Å². The minimum absolute atomic E-state index is 0.0970. The van der Waals surface area contributed by atoms with E-state index < -0.39 is 21.9 Å². The molecular formula is C24H23N3O6S. The predicted molar refractivity (Wildman–Crippen MR) is 130 cm³/mol. The van der Waals surface area contributed by atoms with Crippen molar-refractivity contribution in [1.29, 1.82) is 0 Å². The lowest BCUT2D eigenvalue weighted by Gasteiger charge is -2.13. The molecule has 0 fully saturated rings. The van der Waals surface area contributed by atoms with E-state index in [0.29, 0.717) is 22.7 Å². The van der Waals surface area contributed by atoms with Crippen LogP contribution >= 0.6 is 0 Å². The number of aliphatic hydroxyl groups excluding tert-OH is 1. The molecule has 0 aliphatic carbocycles. The molecule has 5 rings (SSSR count). The smallest absolute Gasteiger partial charge is 0.434 e. The van der Waals surface area contributed by atoms with Crippen molar-refractivity contribution in [3.05, 3.63) is 76.8 Å². The summed E-state index contributed by atoms with van der Waals surface area (Å²) >= 11 is 0. The van der Waals surface area contributed by atoms with E-state index in [1.807, 2.05) is 36.4 Å². The molecule has 3 aromatic carbocycles. The number of hydrogen-bond donors (Lipinski definition) is 3. The summed E-state index contributed by atoms with van der Waals surface area (Å²) in [6.45, 7) is 1.10. The van der Waals surface area contributed by atoms with Gasteiger partial charge in [-0.25, -0.2) is 13.2 Å². The number of ether oxygens (including phenoxy) is 1. The van der Waals surface area contributed by atoms with Crippen LogP contribution in [0.3, 0.4) is 0 Å². The van der Waals surface area contributed by atoms with E-state index in [-0.39, 0.29) is 17.6 Å². The summed E-state index contributed by atoms with van der Waals surface area (Å²) in [6.07, 6.45) is 0.00862. The Kier molecular flexibility index (Phi) is 5.64. The van der Waals surface area contributed by atoms with Gasteiger partial charge in [0.15, 0.2) is 5.58 Å². The van der Waals surface area contributed by atoms with Gasteiger partial charge in [-0.2, -0.15) is 3.97 Å². The molecule has 9 nitrogen and oxygen atoms in total. The zero-order chi connectivity index (χ0) is 23.9. The molecule has 10 heteroatoms. The molecule has 0 aliphatic rings. The number of H-pyrrole nitrogens is 1. The van der Waals surface area contributed by atoms with Crippen molar-refractivity contribution in [1.82, 2.24) is 14.3 Å². The van der Waals surface area contributed by atoms with Crippen molar-refractivity contribution in [3.8, 4) is 5.75 Å². The van der Waals surface area contributed by atoms with Crippen LogP contribution in [-0.2, 0) is 10.0 Å². The average molecular weight is 482 g/mol. The maximum atomic E-state index is 11.9. The van der Waals surface area contributed by atoms with Gasteiger partial charge in [0.1, 0.15) is 17.9 Å². The van der Waals surface area contributed by atoms with Crippen LogP contribution in [0.5, 0.6) is 5.75 Å². The molecule has 0 amide bonds. The van der Waals surface area contributed by atoms with Crippen molar-refractivity contribution in [2.24, 2.45) is 0 Å². The normalized spacial score (nSPS) is 13.1. The zero-order valence-corrected chi connectivity index (χ0v) is 19.1. The number of aromatic nitrogens is 2. The molecule has 5 aromatic rings. The first-order valence-electron chi connectivity index (χ1n) is 10.7. The highest BCUT2D eigenvalue weighted by Crippen LogP contribution is 2.28. The summed E-state index contributed by atoms with van der Waals surface area (Å²) in [5, 5.41) is 15.9. The highest BCUT2D eigenvalue weighted by molar-refractivity contribution is 7.89. The van der Waals surface area contributed by atoms with Gasteiger partial charge in [0.05, 0.1) is 17.9 Å². The Hall–Kier alpha value is -3.60. The Balaban J connectivity index is 1.19. The summed E-state index contributed by atoms with van der Waals surface area (Å²) in [5.41, 5.74) is 2.78. The van der Waals surface area contributed by atoms with E-state index in [9.17, 15) is 18.3 Å². The standard InChI is InChI=1S/C24H23N3O6S/c1-34(30,31)27-21-12-15(6-9-23(21)33-24(27)29)22(28)14-25-10-11-32-16-7-8-18-17-4-2-3-5-19(17)26-20(18)13-16/h2-9,12-13,22,25-26,28H,10-11,14H2,1H3/t22-/m0/s1. The van der Waals surface area contributed by atoms with Crippen LogP contribution < -0.4 is 15.8 Å². The molecule has 0 spiro atoms. The van der Waals surface area contributed by atoms with Crippen molar-refractivity contribution < 1.29 is 22.7 Å². The van der Waals surface area contributed by atoms with Crippen LogP contribution in [0.15, 0.2) is 69.9 Å². The summed E-state index contributed by atoms with van der Waals surface area (Å²) in [5.74, 6) is -0.240. The van der Waals surface area contributed by atoms with E-state index in [1.165, 1.54) is 17.5 Å². The summed E-state index contributed by atoms with van der Waals surface area (Å²) in [7, 11) is -3.84. The lowest BCUT2D eigenvalue weighted by Crippen LogP contribution is -2.26. The molecule has 34 heavy (non-hydrogen) atoms. The maximum Gasteiger partial charge on any atom is 0.434 e. The van der Waals surface area contributed by atoms with Gasteiger partial charge < -0.3 is 24.6 Å². The minimum Gasteiger partial charge on any atom is -0.492 e. The van der Waals surface area contributed by atoms with Gasteiger partial charge >= 0.3 is 5.76 Å². The van der Waals surface area contributed by atoms with Crippen molar-refractivity contribution in [2.75, 3.05) is 26.0 Å². The van der Waals surface area contributed by atoms with Crippen LogP contribution in [0, 0.1) is 0 Å². The topological polar surface area (TPSA) is 127 Å². The van der Waals surface area contributed by atoms with Crippen molar-refractivity contribution in [3.63, 3.8) is 0 Å². The first-order valence-corrected chi connectivity index (χ1v) is 12.5. The number of aliphatic hydroxyl groups is 1. The van der Waals surface area contributed by atoms with Gasteiger partial charge in [-0.1, -0.05) is 24.3 Å². The maximum absolute atomic E-state index is 11.9. The van der Waals surface area contributed by atoms with E-state index in [2.05, 4.69) is 16.4 Å². The molecule has 0 saturated carbocycles. The minimum atomic E-state index is -3.84. The Morgan fingerprint density at radius 1 is 1.09 bits per heavy atom. The monoisotopic (exact) mass is 481 g/mol. The quantitative estimate of drug-likeness (QED) is 0.291. The fourth-order valence-electron chi connectivity index (χ4n) is 4.06. The van der Waals surface area contributed by atoms with Gasteiger partial charge in [0.25, 0.3) is 0 Å². The zero-order valence-electron chi connectivity index (χ0n) is 18.3. The molecule has 1 atom stereocenters. The molecule has 0 bridgehead atoms. The predicted octanol–water partition coefficient (Wildman–Crippen LogP) is 2.74. The van der Waals surface area contributed by atoms with Gasteiger partial charge in [0.2, 0.25) is 10.0 Å². The Labute approximate surface area is 194 Å². The first-order chi connectivity index (χ1) is 16.3. The highest BCUT2D eigenvalue weighted by Gasteiger charge is 2.19. The number of fused-ring (bicyclic) bond motifs is 4. The SMILES string of the molecule is CS(=O)(=O)n1c(=O)oc2ccc([C@@H](O)CNCCOc3ccc4c(c3)[nH]c3ccccc34)cc21. The van der Waals surface area contributed by atoms with Crippen molar-refractivity contribution in [2.45, 2.75) is 6.10 Å². The number of rotatable bonds is 8. The molecule has 0 radical (unpaired) electrons. The summed E-state index contributed by atoms with van der Waals surface area (Å²) in [6, 6.07) is 18.6. The van der Waals surface area contributed by atoms with Gasteiger partial charge in [-0.3, -0.25) is 0 Å². The van der Waals surface area contributed by atoms with Gasteiger partial charge in [-0.15, -0.1) is 0 Å². The van der Waals surface area contributed by atoms with Crippen LogP contribution in [0.25, 0.3) is 32.9 Å². The second-order valence-electron chi connectivity index (χ2n) is 8.07. The van der Waals surface area contributed by atoms with Crippen LogP contribution in [0.4, 0.5) is 0 Å². The fraction of sp³-hybridized carbons (Fsp3) is 0.208. The summed E-state index contributed by atoms with van der Waals surface area (Å²) < 4.78 is 35.2. The molecule has 176 valence electrons. The van der Waals surface area contributed by atoms with Crippen LogP contribution in [0.2, 0.25) is 0 Å². The lowest BCUT2D eigenvalue weighted by atomic mass is 10.1. The van der Waals surface area contributed by atoms with Crippen LogP contribution in [-0.4, -0.2) is 48.4 Å². The third-order valence-electron chi connectivity index (χ3n) is 5.64. The summed E-state index contributed by atoms with van der Waals surface area (Å²) in [4.78, 5) is 15.3. The number of hydrogen-bond acceptors (Lipinski definition) is 7. The van der Waals surface area contributed by atoms with E-state index in [4.69, 9.17) is 9.15 Å². The number of para-hydroxylation sites is 1. The Morgan fingerprint density at radius 3 is 2.71 bits per heavy atom. The largest absolute Gasteiger partial charge is 0.492 e. The molecule has 0 unspecified atom stereocenters. The molecule has 0 aliphatic heterocycles. The van der Waals surface area contributed by atoms with Crippen LogP contribution in [0.1, 0.15) is 11.7 Å².